The predicted octanol–water partition coefficient (Wildman–Crippen LogP) is 6.85. The van der Waals surface area contributed by atoms with Crippen LogP contribution in [0.15, 0.2) is 34.9 Å². The Morgan fingerprint density at radius 1 is 1.27 bits per heavy atom. The number of aliphatic hydroxyl groups is 1. The molecule has 1 N–H and O–H groups in total. The molecule has 3 atom stereocenters. The van der Waals surface area contributed by atoms with Crippen molar-refractivity contribution in [2.45, 2.75) is 98.9 Å². The first-order valence-corrected chi connectivity index (χ1v) is 14.5. The molecule has 0 heterocycles. The molecule has 0 aromatic rings. The molecule has 0 radical (unpaired) electrons. The molecular formula is C26H46O3Si. The molecule has 0 saturated heterocycles. The first-order chi connectivity index (χ1) is 13.7. The van der Waals surface area contributed by atoms with Crippen molar-refractivity contribution in [3.63, 3.8) is 0 Å². The van der Waals surface area contributed by atoms with Gasteiger partial charge in [-0.05, 0) is 81.1 Å². The standard InChI is InChI=1S/C26H46O3Si/c1-18(2)22-15-14-20(4)24(28)23(22)25(29-30(9,10)26(6,7)8)21(5)13-11-12-19(3)16-17-27/h13-14,16,18,22-23,25,27H,11-12,15,17H2,1-10H3/b19-16+,21-13+/t22-,23-,25+/m1/s1. The molecule has 0 aromatic carbocycles. The molecule has 30 heavy (non-hydrogen) atoms. The van der Waals surface area contributed by atoms with Crippen LogP contribution in [0.5, 0.6) is 0 Å². The van der Waals surface area contributed by atoms with E-state index >= 15 is 0 Å². The van der Waals surface area contributed by atoms with Gasteiger partial charge < -0.3 is 9.53 Å². The van der Waals surface area contributed by atoms with Gasteiger partial charge in [0.15, 0.2) is 14.1 Å². The zero-order valence-corrected chi connectivity index (χ0v) is 22.1. The minimum atomic E-state index is -2.06. The van der Waals surface area contributed by atoms with E-state index in [4.69, 9.17) is 9.53 Å². The summed E-state index contributed by atoms with van der Waals surface area (Å²) in [7, 11) is -2.06. The molecule has 0 unspecified atom stereocenters. The largest absolute Gasteiger partial charge is 0.410 e. The van der Waals surface area contributed by atoms with E-state index in [2.05, 4.69) is 73.7 Å². The summed E-state index contributed by atoms with van der Waals surface area (Å²) in [5.41, 5.74) is 3.25. The molecule has 172 valence electrons. The van der Waals surface area contributed by atoms with Crippen LogP contribution in [0.2, 0.25) is 18.1 Å². The van der Waals surface area contributed by atoms with Crippen LogP contribution in [0.3, 0.4) is 0 Å². The van der Waals surface area contributed by atoms with E-state index in [9.17, 15) is 4.79 Å². The summed E-state index contributed by atoms with van der Waals surface area (Å²) < 4.78 is 6.98. The molecule has 4 heteroatoms. The van der Waals surface area contributed by atoms with Gasteiger partial charge in [-0.1, -0.05) is 58.4 Å². The highest BCUT2D eigenvalue weighted by Gasteiger charge is 2.46. The first-order valence-electron chi connectivity index (χ1n) is 11.5. The number of allylic oxidation sites excluding steroid dienone is 4. The summed E-state index contributed by atoms with van der Waals surface area (Å²) in [6.45, 7) is 22.0. The second-order valence-corrected chi connectivity index (χ2v) is 15.7. The number of Topliss-reactive ketones (excluding diaryl/α,β-unsaturated/α-hetero) is 1. The van der Waals surface area contributed by atoms with Crippen molar-refractivity contribution in [3.8, 4) is 0 Å². The van der Waals surface area contributed by atoms with Gasteiger partial charge in [0.2, 0.25) is 0 Å². The SMILES string of the molecule is CC1=CC[C@H](C(C)C)[C@@H]([C@@H](O[Si](C)(C)C(C)(C)C)/C(C)=C/CC/C(C)=C/CO)C1=O. The van der Waals surface area contributed by atoms with Crippen molar-refractivity contribution in [3.05, 3.63) is 34.9 Å². The van der Waals surface area contributed by atoms with Crippen LogP contribution >= 0.6 is 0 Å². The van der Waals surface area contributed by atoms with Gasteiger partial charge in [-0.3, -0.25) is 4.79 Å². The maximum atomic E-state index is 13.4. The van der Waals surface area contributed by atoms with Gasteiger partial charge in [0.1, 0.15) is 0 Å². The summed E-state index contributed by atoms with van der Waals surface area (Å²) in [5.74, 6) is 0.869. The Labute approximate surface area is 186 Å². The number of carbonyl (C=O) groups is 1. The molecule has 0 amide bonds. The number of carbonyl (C=O) groups excluding carboxylic acids is 1. The minimum absolute atomic E-state index is 0.0852. The van der Waals surface area contributed by atoms with Crippen LogP contribution in [-0.4, -0.2) is 31.9 Å². The zero-order chi connectivity index (χ0) is 23.3. The van der Waals surface area contributed by atoms with Gasteiger partial charge in [0.25, 0.3) is 0 Å². The Morgan fingerprint density at radius 3 is 2.37 bits per heavy atom. The molecule has 1 aliphatic rings. The lowest BCUT2D eigenvalue weighted by Gasteiger charge is -2.45. The lowest BCUT2D eigenvalue weighted by Crippen LogP contribution is -2.50. The molecule has 1 rings (SSSR count). The van der Waals surface area contributed by atoms with Crippen molar-refractivity contribution in [1.29, 1.82) is 0 Å². The molecule has 0 spiro atoms. The summed E-state index contributed by atoms with van der Waals surface area (Å²) in [4.78, 5) is 13.4. The van der Waals surface area contributed by atoms with Crippen LogP contribution in [-0.2, 0) is 9.22 Å². The molecule has 0 aromatic heterocycles. The van der Waals surface area contributed by atoms with Crippen LogP contribution < -0.4 is 0 Å². The zero-order valence-electron chi connectivity index (χ0n) is 21.1. The van der Waals surface area contributed by atoms with Gasteiger partial charge in [-0.2, -0.15) is 0 Å². The quantitative estimate of drug-likeness (QED) is 0.319. The minimum Gasteiger partial charge on any atom is -0.410 e. The van der Waals surface area contributed by atoms with E-state index in [0.29, 0.717) is 11.8 Å². The van der Waals surface area contributed by atoms with Crippen LogP contribution in [0.25, 0.3) is 0 Å². The average Bonchev–Trinajstić information content (AvgIpc) is 2.61. The summed E-state index contributed by atoms with van der Waals surface area (Å²) in [6, 6.07) is 0. The lowest BCUT2D eigenvalue weighted by atomic mass is 9.70. The highest BCUT2D eigenvalue weighted by atomic mass is 28.4. The highest BCUT2D eigenvalue weighted by Crippen LogP contribution is 2.43. The van der Waals surface area contributed by atoms with Gasteiger partial charge in [-0.25, -0.2) is 0 Å². The summed E-state index contributed by atoms with van der Waals surface area (Å²) in [5, 5.41) is 9.18. The maximum absolute atomic E-state index is 13.4. The number of rotatable bonds is 9. The monoisotopic (exact) mass is 434 g/mol. The van der Waals surface area contributed by atoms with Gasteiger partial charge in [-0.15, -0.1) is 0 Å². The van der Waals surface area contributed by atoms with E-state index in [1.807, 2.05) is 13.0 Å². The van der Waals surface area contributed by atoms with Crippen molar-refractivity contribution in [2.75, 3.05) is 6.61 Å². The van der Waals surface area contributed by atoms with Gasteiger partial charge >= 0.3 is 0 Å². The van der Waals surface area contributed by atoms with Crippen LogP contribution in [0.1, 0.15) is 74.7 Å². The molecule has 3 nitrogen and oxygen atoms in total. The van der Waals surface area contributed by atoms with Crippen molar-refractivity contribution in [1.82, 2.24) is 0 Å². The Morgan fingerprint density at radius 2 is 1.87 bits per heavy atom. The number of aliphatic hydroxyl groups excluding tert-OH is 1. The van der Waals surface area contributed by atoms with E-state index in [1.54, 1.807) is 0 Å². The Hall–Kier alpha value is -0.973. The number of ketones is 1. The van der Waals surface area contributed by atoms with Gasteiger partial charge in [0.05, 0.1) is 18.6 Å². The van der Waals surface area contributed by atoms with Crippen molar-refractivity contribution in [2.24, 2.45) is 17.8 Å². The normalized spacial score (nSPS) is 23.1. The second kappa shape index (κ2) is 11.1. The molecule has 0 saturated carbocycles. The Bertz CT molecular complexity index is 677. The summed E-state index contributed by atoms with van der Waals surface area (Å²) in [6.07, 6.45) is 8.82. The fourth-order valence-corrected chi connectivity index (χ4v) is 5.23. The third kappa shape index (κ3) is 7.03. The third-order valence-corrected chi connectivity index (χ3v) is 11.6. The average molecular weight is 435 g/mol. The van der Waals surface area contributed by atoms with E-state index in [-0.39, 0.29) is 29.5 Å². The Kier molecular flexibility index (Phi) is 9.98. The van der Waals surface area contributed by atoms with Gasteiger partial charge in [0, 0.05) is 0 Å². The molecule has 0 fully saturated rings. The lowest BCUT2D eigenvalue weighted by molar-refractivity contribution is -0.125. The third-order valence-electron chi connectivity index (χ3n) is 7.15. The molecular weight excluding hydrogens is 388 g/mol. The van der Waals surface area contributed by atoms with Crippen LogP contribution in [0.4, 0.5) is 0 Å². The van der Waals surface area contributed by atoms with Crippen molar-refractivity contribution >= 4 is 14.1 Å². The molecule has 0 aliphatic heterocycles. The summed E-state index contributed by atoms with van der Waals surface area (Å²) >= 11 is 0. The maximum Gasteiger partial charge on any atom is 0.192 e. The fraction of sp³-hybridized carbons (Fsp3) is 0.731. The molecule has 0 bridgehead atoms. The smallest absolute Gasteiger partial charge is 0.192 e. The predicted molar refractivity (Wildman–Crippen MR) is 131 cm³/mol. The fourth-order valence-electron chi connectivity index (χ4n) is 3.91. The van der Waals surface area contributed by atoms with E-state index < -0.39 is 8.32 Å². The Balaban J connectivity index is 3.33. The van der Waals surface area contributed by atoms with Crippen molar-refractivity contribution < 1.29 is 14.3 Å². The van der Waals surface area contributed by atoms with E-state index in [0.717, 1.165) is 24.8 Å². The van der Waals surface area contributed by atoms with Crippen LogP contribution in [0, 0.1) is 17.8 Å². The molecule has 1 aliphatic carbocycles. The number of hydrogen-bond acceptors (Lipinski definition) is 3. The second-order valence-electron chi connectivity index (χ2n) is 10.9. The first kappa shape index (κ1) is 27.1. The highest BCUT2D eigenvalue weighted by molar-refractivity contribution is 6.74. The van der Waals surface area contributed by atoms with E-state index in [1.165, 1.54) is 11.1 Å². The topological polar surface area (TPSA) is 46.5 Å². The number of hydrogen-bond donors (Lipinski definition) is 1.